The first-order valence-corrected chi connectivity index (χ1v) is 7.42. The van der Waals surface area contributed by atoms with Crippen LogP contribution in [0.4, 0.5) is 0 Å². The highest BCUT2D eigenvalue weighted by Crippen LogP contribution is 2.33. The molecule has 2 heterocycles. The van der Waals surface area contributed by atoms with Gasteiger partial charge in [0, 0.05) is 26.1 Å². The van der Waals surface area contributed by atoms with Crippen molar-refractivity contribution in [2.45, 2.75) is 33.1 Å². The van der Waals surface area contributed by atoms with E-state index in [0.29, 0.717) is 24.3 Å². The first-order chi connectivity index (χ1) is 10.3. The van der Waals surface area contributed by atoms with Gasteiger partial charge in [0.15, 0.2) is 0 Å². The second-order valence-corrected chi connectivity index (χ2v) is 6.27. The Labute approximate surface area is 130 Å². The summed E-state index contributed by atoms with van der Waals surface area (Å²) in [5, 5.41) is 9.46. The van der Waals surface area contributed by atoms with Gasteiger partial charge in [-0.25, -0.2) is 0 Å². The second kappa shape index (κ2) is 6.12. The maximum atomic E-state index is 12.7. The first-order valence-electron chi connectivity index (χ1n) is 7.42. The molecule has 1 aliphatic rings. The molecular weight excluding hydrogens is 286 g/mol. The van der Waals surface area contributed by atoms with Crippen molar-refractivity contribution in [3.63, 3.8) is 0 Å². The van der Waals surface area contributed by atoms with Gasteiger partial charge in [-0.1, -0.05) is 13.8 Å². The van der Waals surface area contributed by atoms with Crippen molar-refractivity contribution in [1.82, 2.24) is 4.90 Å². The van der Waals surface area contributed by atoms with E-state index in [1.165, 1.54) is 7.11 Å². The monoisotopic (exact) mass is 309 g/mol. The van der Waals surface area contributed by atoms with E-state index in [4.69, 9.17) is 9.15 Å². The van der Waals surface area contributed by atoms with Crippen molar-refractivity contribution in [1.29, 1.82) is 0 Å². The third-order valence-electron chi connectivity index (χ3n) is 4.25. The van der Waals surface area contributed by atoms with Crippen LogP contribution >= 0.6 is 0 Å². The lowest BCUT2D eigenvalue weighted by Gasteiger charge is -2.23. The number of amides is 1. The Balaban J connectivity index is 2.20. The van der Waals surface area contributed by atoms with Gasteiger partial charge in [-0.15, -0.1) is 0 Å². The molecule has 1 N–H and O–H groups in total. The Hall–Kier alpha value is -1.82. The number of carbonyl (C=O) groups is 2. The summed E-state index contributed by atoms with van der Waals surface area (Å²) in [6, 6.07) is 1.76. The summed E-state index contributed by atoms with van der Waals surface area (Å²) in [5.41, 5.74) is -0.495. The Morgan fingerprint density at radius 2 is 2.18 bits per heavy atom. The molecule has 6 nitrogen and oxygen atoms in total. The number of likely N-dealkylation sites (tertiary alicyclic amines) is 1. The van der Waals surface area contributed by atoms with Crippen LogP contribution in [-0.4, -0.2) is 48.7 Å². The predicted octanol–water partition coefficient (Wildman–Crippen LogP) is 2.27. The summed E-state index contributed by atoms with van der Waals surface area (Å²) in [5.74, 6) is 0.448. The minimum Gasteiger partial charge on any atom is -0.481 e. The molecule has 1 fully saturated rings. The molecule has 0 bridgehead atoms. The van der Waals surface area contributed by atoms with Gasteiger partial charge in [-0.2, -0.15) is 0 Å². The number of aryl methyl sites for hydroxylation is 1. The van der Waals surface area contributed by atoms with E-state index in [1.54, 1.807) is 17.9 Å². The highest BCUT2D eigenvalue weighted by atomic mass is 16.5. The topological polar surface area (TPSA) is 80.0 Å². The Bertz CT molecular complexity index is 577. The van der Waals surface area contributed by atoms with Crippen LogP contribution in [0.2, 0.25) is 0 Å². The molecule has 1 aromatic rings. The Kier molecular flexibility index (Phi) is 4.60. The number of carboxylic acids is 1. The number of carboxylic acid groups (broad SMARTS) is 1. The van der Waals surface area contributed by atoms with Gasteiger partial charge in [-0.3, -0.25) is 9.59 Å². The van der Waals surface area contributed by atoms with Crippen molar-refractivity contribution in [2.75, 3.05) is 26.8 Å². The number of nitrogens with zero attached hydrogens (tertiary/aromatic N) is 1. The quantitative estimate of drug-likeness (QED) is 0.902. The van der Waals surface area contributed by atoms with E-state index >= 15 is 0 Å². The van der Waals surface area contributed by atoms with Crippen LogP contribution in [-0.2, 0) is 9.53 Å². The van der Waals surface area contributed by atoms with Crippen molar-refractivity contribution < 1.29 is 23.8 Å². The predicted molar refractivity (Wildman–Crippen MR) is 80.0 cm³/mol. The van der Waals surface area contributed by atoms with Crippen molar-refractivity contribution in [3.05, 3.63) is 23.2 Å². The third kappa shape index (κ3) is 2.88. The van der Waals surface area contributed by atoms with E-state index in [0.717, 1.165) is 5.76 Å². The lowest BCUT2D eigenvalue weighted by Crippen LogP contribution is -2.40. The number of aliphatic carboxylic acids is 1. The summed E-state index contributed by atoms with van der Waals surface area (Å²) >= 11 is 0. The first kappa shape index (κ1) is 16.5. The molecule has 1 amide bonds. The zero-order valence-electron chi connectivity index (χ0n) is 13.5. The molecule has 0 radical (unpaired) electrons. The number of hydrogen-bond acceptors (Lipinski definition) is 4. The molecule has 6 heteroatoms. The third-order valence-corrected chi connectivity index (χ3v) is 4.25. The van der Waals surface area contributed by atoms with Gasteiger partial charge in [0.1, 0.15) is 16.9 Å². The largest absolute Gasteiger partial charge is 0.481 e. The van der Waals surface area contributed by atoms with Crippen molar-refractivity contribution >= 4 is 11.9 Å². The van der Waals surface area contributed by atoms with Gasteiger partial charge < -0.3 is 19.2 Å². The molecule has 22 heavy (non-hydrogen) atoms. The normalized spacial score (nSPS) is 21.6. The van der Waals surface area contributed by atoms with Crippen LogP contribution in [0.1, 0.15) is 48.1 Å². The van der Waals surface area contributed by atoms with Gasteiger partial charge in [-0.05, 0) is 19.4 Å². The maximum Gasteiger partial charge on any atom is 0.313 e. The number of methoxy groups -OCH3 is 1. The van der Waals surface area contributed by atoms with Crippen LogP contribution in [0, 0.1) is 12.3 Å². The molecule has 1 unspecified atom stereocenters. The van der Waals surface area contributed by atoms with Gasteiger partial charge in [0.05, 0.1) is 12.2 Å². The molecule has 0 saturated carbocycles. The lowest BCUT2D eigenvalue weighted by atomic mass is 9.88. The lowest BCUT2D eigenvalue weighted by molar-refractivity contribution is -0.151. The fourth-order valence-corrected chi connectivity index (χ4v) is 2.85. The van der Waals surface area contributed by atoms with E-state index in [1.807, 2.05) is 13.8 Å². The molecule has 0 aromatic carbocycles. The molecule has 1 aromatic heterocycles. The minimum atomic E-state index is -1.01. The summed E-state index contributed by atoms with van der Waals surface area (Å²) in [4.78, 5) is 25.8. The molecule has 0 spiro atoms. The SMILES string of the molecule is COCC1(C(=O)O)CCN(C(=O)c2cc(C(C)C)oc2C)C1. The molecule has 122 valence electrons. The van der Waals surface area contributed by atoms with E-state index < -0.39 is 11.4 Å². The number of hydrogen-bond donors (Lipinski definition) is 1. The van der Waals surface area contributed by atoms with Crippen LogP contribution in [0.5, 0.6) is 0 Å². The Morgan fingerprint density at radius 3 is 2.68 bits per heavy atom. The van der Waals surface area contributed by atoms with Crippen molar-refractivity contribution in [2.24, 2.45) is 5.41 Å². The zero-order valence-corrected chi connectivity index (χ0v) is 13.5. The van der Waals surface area contributed by atoms with Crippen LogP contribution in [0.15, 0.2) is 10.5 Å². The molecule has 1 saturated heterocycles. The number of ether oxygens (including phenoxy) is 1. The van der Waals surface area contributed by atoms with E-state index in [-0.39, 0.29) is 25.0 Å². The average molecular weight is 309 g/mol. The fourth-order valence-electron chi connectivity index (χ4n) is 2.85. The maximum absolute atomic E-state index is 12.7. The van der Waals surface area contributed by atoms with Crippen molar-refractivity contribution in [3.8, 4) is 0 Å². The molecular formula is C16H23NO5. The van der Waals surface area contributed by atoms with Gasteiger partial charge >= 0.3 is 5.97 Å². The number of rotatable bonds is 5. The zero-order chi connectivity index (χ0) is 16.5. The van der Waals surface area contributed by atoms with Crippen LogP contribution in [0.25, 0.3) is 0 Å². The van der Waals surface area contributed by atoms with E-state index in [9.17, 15) is 14.7 Å². The summed E-state index contributed by atoms with van der Waals surface area (Å²) in [6.07, 6.45) is 0.399. The summed E-state index contributed by atoms with van der Waals surface area (Å²) in [6.45, 7) is 6.43. The number of carbonyl (C=O) groups excluding carboxylic acids is 1. The molecule has 0 aliphatic carbocycles. The highest BCUT2D eigenvalue weighted by Gasteiger charge is 2.46. The summed E-state index contributed by atoms with van der Waals surface area (Å²) < 4.78 is 10.7. The van der Waals surface area contributed by atoms with Crippen LogP contribution in [0.3, 0.4) is 0 Å². The number of furan rings is 1. The van der Waals surface area contributed by atoms with E-state index in [2.05, 4.69) is 0 Å². The molecule has 1 atom stereocenters. The average Bonchev–Trinajstić information content (AvgIpc) is 3.03. The standard InChI is InChI=1S/C16H23NO5/c1-10(2)13-7-12(11(3)22-13)14(18)17-6-5-16(8-17,9-21-4)15(19)20/h7,10H,5-6,8-9H2,1-4H3,(H,19,20). The van der Waals surface area contributed by atoms with Gasteiger partial charge in [0.2, 0.25) is 0 Å². The second-order valence-electron chi connectivity index (χ2n) is 6.27. The minimum absolute atomic E-state index is 0.105. The highest BCUT2D eigenvalue weighted by molar-refractivity contribution is 5.96. The van der Waals surface area contributed by atoms with Crippen LogP contribution < -0.4 is 0 Å². The molecule has 2 rings (SSSR count). The smallest absolute Gasteiger partial charge is 0.313 e. The fraction of sp³-hybridized carbons (Fsp3) is 0.625. The molecule has 1 aliphatic heterocycles. The van der Waals surface area contributed by atoms with Gasteiger partial charge in [0.25, 0.3) is 5.91 Å². The Morgan fingerprint density at radius 1 is 1.50 bits per heavy atom. The summed E-state index contributed by atoms with van der Waals surface area (Å²) in [7, 11) is 1.48.